The Kier molecular flexibility index (Phi) is 6.27. The van der Waals surface area contributed by atoms with Crippen LogP contribution in [0.2, 0.25) is 5.02 Å². The van der Waals surface area contributed by atoms with E-state index in [0.717, 1.165) is 44.7 Å². The van der Waals surface area contributed by atoms with E-state index >= 15 is 0 Å². The van der Waals surface area contributed by atoms with Crippen molar-refractivity contribution in [3.05, 3.63) is 95.3 Å². The standard InChI is InChI=1S/C28H27ClN2O/c29-24-15-7-13-22(17-24)26-27(31-28(30-26)21-11-5-2-6-12-21)23-14-8-16-25(18-23)32-19-20-9-3-1-4-10-20/h1,3-4,7-10,13-18,21H,2,5-6,11-12,19H2,(H,30,31). The van der Waals surface area contributed by atoms with Crippen molar-refractivity contribution < 1.29 is 4.74 Å². The summed E-state index contributed by atoms with van der Waals surface area (Å²) in [4.78, 5) is 8.77. The van der Waals surface area contributed by atoms with Gasteiger partial charge in [-0.1, -0.05) is 85.5 Å². The molecule has 4 aromatic rings. The van der Waals surface area contributed by atoms with Gasteiger partial charge in [-0.3, -0.25) is 0 Å². The van der Waals surface area contributed by atoms with Gasteiger partial charge >= 0.3 is 0 Å². The van der Waals surface area contributed by atoms with Crippen LogP contribution in [0, 0.1) is 0 Å². The summed E-state index contributed by atoms with van der Waals surface area (Å²) < 4.78 is 6.09. The molecule has 0 aliphatic heterocycles. The maximum absolute atomic E-state index is 6.32. The SMILES string of the molecule is Clc1cccc(-c2nc(C3CCCCC3)[nH]c2-c2cccc(OCc3ccccc3)c2)c1. The van der Waals surface area contributed by atoms with E-state index in [4.69, 9.17) is 21.3 Å². The highest BCUT2D eigenvalue weighted by molar-refractivity contribution is 6.30. The highest BCUT2D eigenvalue weighted by atomic mass is 35.5. The number of aromatic nitrogens is 2. The number of hydrogen-bond acceptors (Lipinski definition) is 2. The molecule has 1 aliphatic carbocycles. The molecule has 0 saturated heterocycles. The summed E-state index contributed by atoms with van der Waals surface area (Å²) >= 11 is 6.32. The molecule has 0 amide bonds. The Morgan fingerprint density at radius 3 is 2.44 bits per heavy atom. The first-order valence-corrected chi connectivity index (χ1v) is 11.8. The van der Waals surface area contributed by atoms with Crippen LogP contribution < -0.4 is 4.74 Å². The highest BCUT2D eigenvalue weighted by Gasteiger charge is 2.22. The molecule has 3 nitrogen and oxygen atoms in total. The summed E-state index contributed by atoms with van der Waals surface area (Å²) in [5.74, 6) is 2.43. The van der Waals surface area contributed by atoms with Crippen molar-refractivity contribution in [3.8, 4) is 28.3 Å². The van der Waals surface area contributed by atoms with Crippen LogP contribution in [-0.4, -0.2) is 9.97 Å². The number of H-pyrrole nitrogens is 1. The molecule has 0 atom stereocenters. The fraction of sp³-hybridized carbons (Fsp3) is 0.250. The first-order chi connectivity index (χ1) is 15.8. The second-order valence-electron chi connectivity index (χ2n) is 8.49. The lowest BCUT2D eigenvalue weighted by atomic mass is 9.89. The van der Waals surface area contributed by atoms with Crippen LogP contribution in [0.4, 0.5) is 0 Å². The quantitative estimate of drug-likeness (QED) is 0.328. The molecule has 0 spiro atoms. The van der Waals surface area contributed by atoms with Crippen LogP contribution >= 0.6 is 11.6 Å². The second-order valence-corrected chi connectivity index (χ2v) is 8.93. The molecule has 162 valence electrons. The molecule has 5 rings (SSSR count). The Morgan fingerprint density at radius 2 is 1.62 bits per heavy atom. The van der Waals surface area contributed by atoms with Crippen LogP contribution in [0.1, 0.15) is 49.4 Å². The molecule has 4 heteroatoms. The van der Waals surface area contributed by atoms with Crippen LogP contribution in [0.3, 0.4) is 0 Å². The van der Waals surface area contributed by atoms with E-state index in [1.807, 2.05) is 48.5 Å². The van der Waals surface area contributed by atoms with Crippen LogP contribution in [-0.2, 0) is 6.61 Å². The minimum Gasteiger partial charge on any atom is -0.489 e. The second kappa shape index (κ2) is 9.62. The van der Waals surface area contributed by atoms with Crippen molar-refractivity contribution >= 4 is 11.6 Å². The van der Waals surface area contributed by atoms with Crippen molar-refractivity contribution in [1.29, 1.82) is 0 Å². The van der Waals surface area contributed by atoms with Crippen molar-refractivity contribution in [2.24, 2.45) is 0 Å². The molecule has 1 aromatic heterocycles. The first-order valence-electron chi connectivity index (χ1n) is 11.4. The average Bonchev–Trinajstić information content (AvgIpc) is 3.30. The Labute approximate surface area is 194 Å². The van der Waals surface area contributed by atoms with Crippen molar-refractivity contribution in [1.82, 2.24) is 9.97 Å². The van der Waals surface area contributed by atoms with Gasteiger partial charge in [-0.05, 0) is 42.7 Å². The van der Waals surface area contributed by atoms with Gasteiger partial charge in [0.2, 0.25) is 0 Å². The summed E-state index contributed by atoms with van der Waals surface area (Å²) in [6.07, 6.45) is 6.27. The molecular weight excluding hydrogens is 416 g/mol. The lowest BCUT2D eigenvalue weighted by Gasteiger charge is -2.19. The fourth-order valence-electron chi connectivity index (χ4n) is 4.50. The van der Waals surface area contributed by atoms with Gasteiger partial charge in [0.15, 0.2) is 0 Å². The molecular formula is C28H27ClN2O. The summed E-state index contributed by atoms with van der Waals surface area (Å²) in [5.41, 5.74) is 5.23. The van der Waals surface area contributed by atoms with Gasteiger partial charge < -0.3 is 9.72 Å². The van der Waals surface area contributed by atoms with E-state index in [2.05, 4.69) is 35.3 Å². The summed E-state index contributed by atoms with van der Waals surface area (Å²) in [6, 6.07) is 26.4. The van der Waals surface area contributed by atoms with E-state index in [1.165, 1.54) is 32.1 Å². The zero-order valence-corrected chi connectivity index (χ0v) is 18.8. The lowest BCUT2D eigenvalue weighted by Crippen LogP contribution is -2.06. The van der Waals surface area contributed by atoms with Gasteiger partial charge in [0, 0.05) is 22.1 Å². The Balaban J connectivity index is 1.49. The largest absolute Gasteiger partial charge is 0.489 e. The summed E-state index contributed by atoms with van der Waals surface area (Å²) in [6.45, 7) is 0.543. The number of aromatic amines is 1. The molecule has 1 saturated carbocycles. The van der Waals surface area contributed by atoms with E-state index < -0.39 is 0 Å². The molecule has 32 heavy (non-hydrogen) atoms. The Hall–Kier alpha value is -3.04. The van der Waals surface area contributed by atoms with Gasteiger partial charge in [0.1, 0.15) is 18.2 Å². The first kappa shape index (κ1) is 20.8. The maximum Gasteiger partial charge on any atom is 0.120 e. The minimum absolute atomic E-state index is 0.493. The van der Waals surface area contributed by atoms with Crippen LogP contribution in [0.5, 0.6) is 5.75 Å². The predicted molar refractivity (Wildman–Crippen MR) is 131 cm³/mol. The number of rotatable bonds is 6. The number of imidazole rings is 1. The van der Waals surface area contributed by atoms with Crippen LogP contribution in [0.25, 0.3) is 22.5 Å². The number of hydrogen-bond donors (Lipinski definition) is 1. The number of ether oxygens (including phenoxy) is 1. The summed E-state index contributed by atoms with van der Waals surface area (Å²) in [5, 5.41) is 0.718. The monoisotopic (exact) mass is 442 g/mol. The molecule has 1 heterocycles. The number of nitrogens with zero attached hydrogens (tertiary/aromatic N) is 1. The van der Waals surface area contributed by atoms with E-state index in [0.29, 0.717) is 12.5 Å². The van der Waals surface area contributed by atoms with Gasteiger partial charge in [-0.25, -0.2) is 4.98 Å². The molecule has 1 aliphatic rings. The zero-order chi connectivity index (χ0) is 21.8. The lowest BCUT2D eigenvalue weighted by molar-refractivity contribution is 0.306. The topological polar surface area (TPSA) is 37.9 Å². The van der Waals surface area contributed by atoms with Crippen molar-refractivity contribution in [3.63, 3.8) is 0 Å². The van der Waals surface area contributed by atoms with Gasteiger partial charge in [0.25, 0.3) is 0 Å². The van der Waals surface area contributed by atoms with Gasteiger partial charge in [-0.2, -0.15) is 0 Å². The smallest absolute Gasteiger partial charge is 0.120 e. The third kappa shape index (κ3) is 4.73. The average molecular weight is 443 g/mol. The predicted octanol–water partition coefficient (Wildman–Crippen LogP) is 8.02. The summed E-state index contributed by atoms with van der Waals surface area (Å²) in [7, 11) is 0. The van der Waals surface area contributed by atoms with Gasteiger partial charge in [0.05, 0.1) is 11.4 Å². The third-order valence-corrected chi connectivity index (χ3v) is 6.42. The van der Waals surface area contributed by atoms with Crippen molar-refractivity contribution in [2.45, 2.75) is 44.6 Å². The molecule has 0 bridgehead atoms. The third-order valence-electron chi connectivity index (χ3n) is 6.18. The number of benzene rings is 3. The normalized spacial score (nSPS) is 14.4. The minimum atomic E-state index is 0.493. The molecule has 0 radical (unpaired) electrons. The van der Waals surface area contributed by atoms with Gasteiger partial charge in [-0.15, -0.1) is 0 Å². The molecule has 3 aromatic carbocycles. The van der Waals surface area contributed by atoms with Crippen LogP contribution in [0.15, 0.2) is 78.9 Å². The van der Waals surface area contributed by atoms with E-state index in [9.17, 15) is 0 Å². The Bertz CT molecular complexity index is 1180. The Morgan fingerprint density at radius 1 is 0.844 bits per heavy atom. The number of nitrogens with one attached hydrogen (secondary N) is 1. The number of halogens is 1. The molecule has 1 N–H and O–H groups in total. The zero-order valence-electron chi connectivity index (χ0n) is 18.1. The highest BCUT2D eigenvalue weighted by Crippen LogP contribution is 2.38. The molecule has 1 fully saturated rings. The van der Waals surface area contributed by atoms with Crippen molar-refractivity contribution in [2.75, 3.05) is 0 Å². The molecule has 0 unspecified atom stereocenters. The van der Waals surface area contributed by atoms with E-state index in [1.54, 1.807) is 0 Å². The maximum atomic E-state index is 6.32. The fourth-order valence-corrected chi connectivity index (χ4v) is 4.69. The van der Waals surface area contributed by atoms with E-state index in [-0.39, 0.29) is 0 Å².